The molecule has 0 amide bonds. The van der Waals surface area contributed by atoms with Crippen molar-refractivity contribution in [2.45, 2.75) is 18.5 Å². The van der Waals surface area contributed by atoms with E-state index in [0.717, 1.165) is 3.57 Å². The predicted octanol–water partition coefficient (Wildman–Crippen LogP) is 2.31. The van der Waals surface area contributed by atoms with Gasteiger partial charge in [-0.05, 0) is 47.7 Å². The highest BCUT2D eigenvalue weighted by Crippen LogP contribution is 2.16. The summed E-state index contributed by atoms with van der Waals surface area (Å²) in [5.74, 6) is 0. The first-order valence-electron chi connectivity index (χ1n) is 5.31. The molecule has 0 spiro atoms. The van der Waals surface area contributed by atoms with Crippen molar-refractivity contribution in [3.63, 3.8) is 0 Å². The number of hydrogen-bond donors (Lipinski definition) is 1. The molecule has 0 bridgehead atoms. The van der Waals surface area contributed by atoms with Gasteiger partial charge in [-0.25, -0.2) is 4.98 Å². The Morgan fingerprint density at radius 1 is 1.44 bits per heavy atom. The van der Waals surface area contributed by atoms with Crippen molar-refractivity contribution in [1.29, 1.82) is 0 Å². The highest BCUT2D eigenvalue weighted by Gasteiger charge is 2.17. The number of rotatable bonds is 4. The molecule has 0 aliphatic heterocycles. The van der Waals surface area contributed by atoms with Gasteiger partial charge in [0.2, 0.25) is 0 Å². The number of imidazole rings is 1. The molecule has 2 rings (SSSR count). The summed E-state index contributed by atoms with van der Waals surface area (Å²) >= 11 is 2.13. The lowest BCUT2D eigenvalue weighted by Crippen LogP contribution is -2.13. The first-order chi connectivity index (χ1) is 8.51. The average Bonchev–Trinajstić information content (AvgIpc) is 2.77. The van der Waals surface area contributed by atoms with Crippen LogP contribution >= 0.6 is 22.6 Å². The fraction of sp³-hybridized carbons (Fsp3) is 0.182. The van der Waals surface area contributed by atoms with Gasteiger partial charge in [0.1, 0.15) is 0 Å². The molecule has 5 nitrogen and oxygen atoms in total. The lowest BCUT2D eigenvalue weighted by atomic mass is 10.3. The van der Waals surface area contributed by atoms with Crippen LogP contribution in [0.5, 0.6) is 0 Å². The van der Waals surface area contributed by atoms with Gasteiger partial charge in [0.25, 0.3) is 10.0 Å². The van der Waals surface area contributed by atoms with Gasteiger partial charge in [0.05, 0.1) is 6.33 Å². The summed E-state index contributed by atoms with van der Waals surface area (Å²) in [6.45, 7) is 2.61. The molecule has 0 saturated heterocycles. The SMILES string of the molecule is CCn1cnc(S(=O)(=O)Nc2cccc(I)c2)c1. The van der Waals surface area contributed by atoms with Crippen LogP contribution < -0.4 is 4.72 Å². The summed E-state index contributed by atoms with van der Waals surface area (Å²) in [5, 5.41) is 0.0308. The third-order valence-corrected chi connectivity index (χ3v) is 4.26. The molecular weight excluding hydrogens is 365 g/mol. The van der Waals surface area contributed by atoms with Crippen LogP contribution in [0.15, 0.2) is 41.8 Å². The van der Waals surface area contributed by atoms with Crippen molar-refractivity contribution >= 4 is 38.3 Å². The van der Waals surface area contributed by atoms with Crippen molar-refractivity contribution in [1.82, 2.24) is 9.55 Å². The Morgan fingerprint density at radius 3 is 2.83 bits per heavy atom. The molecule has 1 N–H and O–H groups in total. The second kappa shape index (κ2) is 5.27. The van der Waals surface area contributed by atoms with E-state index in [9.17, 15) is 8.42 Å². The normalized spacial score (nSPS) is 11.4. The van der Waals surface area contributed by atoms with Crippen molar-refractivity contribution in [3.05, 3.63) is 40.4 Å². The third kappa shape index (κ3) is 3.02. The van der Waals surface area contributed by atoms with E-state index in [1.807, 2.05) is 13.0 Å². The molecule has 0 saturated carbocycles. The van der Waals surface area contributed by atoms with Gasteiger partial charge in [-0.3, -0.25) is 4.72 Å². The molecule has 1 heterocycles. The summed E-state index contributed by atoms with van der Waals surface area (Å²) in [6, 6.07) is 7.15. The monoisotopic (exact) mass is 377 g/mol. The summed E-state index contributed by atoms with van der Waals surface area (Å²) in [4.78, 5) is 3.89. The number of aromatic nitrogens is 2. The van der Waals surface area contributed by atoms with Crippen molar-refractivity contribution < 1.29 is 8.42 Å². The van der Waals surface area contributed by atoms with E-state index < -0.39 is 10.0 Å². The third-order valence-electron chi connectivity index (χ3n) is 2.33. The number of aryl methyl sites for hydroxylation is 1. The Hall–Kier alpha value is -1.09. The largest absolute Gasteiger partial charge is 0.336 e. The van der Waals surface area contributed by atoms with Crippen LogP contribution in [0.3, 0.4) is 0 Å². The second-order valence-corrected chi connectivity index (χ2v) is 6.53. The van der Waals surface area contributed by atoms with Gasteiger partial charge in [-0.2, -0.15) is 8.42 Å². The summed E-state index contributed by atoms with van der Waals surface area (Å²) < 4.78 is 29.3. The molecule has 96 valence electrons. The van der Waals surface area contributed by atoms with Crippen LogP contribution in [0.25, 0.3) is 0 Å². The van der Waals surface area contributed by atoms with Crippen LogP contribution in [-0.2, 0) is 16.6 Å². The minimum Gasteiger partial charge on any atom is -0.336 e. The van der Waals surface area contributed by atoms with Gasteiger partial charge in [0.15, 0.2) is 5.03 Å². The Morgan fingerprint density at radius 2 is 2.22 bits per heavy atom. The Balaban J connectivity index is 2.27. The molecular formula is C11H12IN3O2S. The topological polar surface area (TPSA) is 64.0 Å². The molecule has 1 aromatic heterocycles. The molecule has 0 fully saturated rings. The quantitative estimate of drug-likeness (QED) is 0.832. The number of benzene rings is 1. The van der Waals surface area contributed by atoms with E-state index in [2.05, 4.69) is 32.3 Å². The number of hydrogen-bond acceptors (Lipinski definition) is 3. The Bertz CT molecular complexity index is 652. The highest BCUT2D eigenvalue weighted by molar-refractivity contribution is 14.1. The van der Waals surface area contributed by atoms with Crippen LogP contribution in [0.1, 0.15) is 6.92 Å². The van der Waals surface area contributed by atoms with Crippen molar-refractivity contribution in [2.24, 2.45) is 0 Å². The Labute approximate surface area is 119 Å². The number of anilines is 1. The first-order valence-corrected chi connectivity index (χ1v) is 7.87. The highest BCUT2D eigenvalue weighted by atomic mass is 127. The van der Waals surface area contributed by atoms with Gasteiger partial charge >= 0.3 is 0 Å². The molecule has 7 heteroatoms. The van der Waals surface area contributed by atoms with Crippen LogP contribution in [0.2, 0.25) is 0 Å². The molecule has 0 radical (unpaired) electrons. The maximum Gasteiger partial charge on any atom is 0.280 e. The predicted molar refractivity (Wildman–Crippen MR) is 77.9 cm³/mol. The van der Waals surface area contributed by atoms with Crippen molar-refractivity contribution in [3.8, 4) is 0 Å². The van der Waals surface area contributed by atoms with E-state index >= 15 is 0 Å². The summed E-state index contributed by atoms with van der Waals surface area (Å²) in [5.41, 5.74) is 0.535. The van der Waals surface area contributed by atoms with Gasteiger partial charge in [-0.15, -0.1) is 0 Å². The standard InChI is InChI=1S/C11H12IN3O2S/c1-2-15-7-11(13-8-15)18(16,17)14-10-5-3-4-9(12)6-10/h3-8,14H,2H2,1H3. The maximum absolute atomic E-state index is 12.1. The molecule has 0 aliphatic rings. The lowest BCUT2D eigenvalue weighted by molar-refractivity contribution is 0.598. The fourth-order valence-corrected chi connectivity index (χ4v) is 2.96. The number of nitrogens with one attached hydrogen (secondary N) is 1. The Kier molecular flexibility index (Phi) is 3.91. The number of sulfonamides is 1. The molecule has 1 aromatic carbocycles. The van der Waals surface area contributed by atoms with E-state index in [0.29, 0.717) is 12.2 Å². The first kappa shape index (κ1) is 13.3. The minimum absolute atomic E-state index is 0.0308. The summed E-state index contributed by atoms with van der Waals surface area (Å²) in [7, 11) is -3.60. The minimum atomic E-state index is -3.60. The van der Waals surface area contributed by atoms with E-state index in [4.69, 9.17) is 0 Å². The smallest absolute Gasteiger partial charge is 0.280 e. The van der Waals surface area contributed by atoms with Crippen LogP contribution in [-0.4, -0.2) is 18.0 Å². The molecule has 18 heavy (non-hydrogen) atoms. The zero-order chi connectivity index (χ0) is 13.2. The van der Waals surface area contributed by atoms with Gasteiger partial charge in [-0.1, -0.05) is 6.07 Å². The number of halogens is 1. The van der Waals surface area contributed by atoms with E-state index in [1.54, 1.807) is 22.8 Å². The molecule has 2 aromatic rings. The average molecular weight is 377 g/mol. The fourth-order valence-electron chi connectivity index (χ4n) is 1.41. The van der Waals surface area contributed by atoms with Gasteiger partial charge in [0, 0.05) is 22.0 Å². The zero-order valence-corrected chi connectivity index (χ0v) is 12.6. The van der Waals surface area contributed by atoms with Crippen LogP contribution in [0.4, 0.5) is 5.69 Å². The second-order valence-electron chi connectivity index (χ2n) is 3.66. The van der Waals surface area contributed by atoms with Crippen molar-refractivity contribution in [2.75, 3.05) is 4.72 Å². The zero-order valence-electron chi connectivity index (χ0n) is 9.67. The molecule has 0 aliphatic carbocycles. The maximum atomic E-state index is 12.1. The van der Waals surface area contributed by atoms with Crippen LogP contribution in [0, 0.1) is 3.57 Å². The molecule has 0 unspecified atom stereocenters. The van der Waals surface area contributed by atoms with E-state index in [-0.39, 0.29) is 5.03 Å². The number of nitrogens with zero attached hydrogens (tertiary/aromatic N) is 2. The lowest BCUT2D eigenvalue weighted by Gasteiger charge is -2.05. The van der Waals surface area contributed by atoms with E-state index in [1.165, 1.54) is 12.5 Å². The van der Waals surface area contributed by atoms with Gasteiger partial charge < -0.3 is 4.57 Å². The molecule has 0 atom stereocenters. The summed E-state index contributed by atoms with van der Waals surface area (Å²) in [6.07, 6.45) is 3.01.